The minimum absolute atomic E-state index is 0.0155. The molecule has 0 spiro atoms. The molecule has 2 saturated heterocycles. The van der Waals surface area contributed by atoms with E-state index in [9.17, 15) is 9.59 Å². The molecule has 2 fully saturated rings. The second kappa shape index (κ2) is 8.62. The molecule has 4 atom stereocenters. The van der Waals surface area contributed by atoms with E-state index in [-0.39, 0.29) is 35.8 Å². The Kier molecular flexibility index (Phi) is 5.65. The van der Waals surface area contributed by atoms with Gasteiger partial charge in [0.05, 0.1) is 29.3 Å². The number of H-pyrrole nitrogens is 2. The number of hydrogen-bond acceptors (Lipinski definition) is 3. The van der Waals surface area contributed by atoms with Gasteiger partial charge in [-0.15, -0.1) is 5.92 Å². The summed E-state index contributed by atoms with van der Waals surface area (Å²) in [5.74, 6) is 6.85. The summed E-state index contributed by atoms with van der Waals surface area (Å²) in [5.41, 5.74) is 2.19. The number of pyridine rings is 1. The van der Waals surface area contributed by atoms with Gasteiger partial charge in [0.25, 0.3) is 0 Å². The molecule has 2 aliphatic heterocycles. The molecule has 2 amide bonds. The number of carbonyl (C=O) groups excluding carboxylic acids is 1. The first-order valence-electron chi connectivity index (χ1n) is 12.1. The second-order valence-corrected chi connectivity index (χ2v) is 9.54. The van der Waals surface area contributed by atoms with Crippen LogP contribution in [0.1, 0.15) is 58.9 Å². The summed E-state index contributed by atoms with van der Waals surface area (Å²) >= 11 is 0. The number of amides is 2. The number of unbranched alkanes of at least 4 members (excludes halogenated alkanes) is 1. The number of aromatic amines is 2. The minimum atomic E-state index is -0.149. The number of urea groups is 1. The van der Waals surface area contributed by atoms with Crippen molar-refractivity contribution in [3.63, 3.8) is 0 Å². The zero-order valence-electron chi connectivity index (χ0n) is 19.6. The third-order valence-electron chi connectivity index (χ3n) is 7.31. The lowest BCUT2D eigenvalue weighted by atomic mass is 9.93. The van der Waals surface area contributed by atoms with Crippen molar-refractivity contribution >= 4 is 28.1 Å². The van der Waals surface area contributed by atoms with Crippen LogP contribution in [0.15, 0.2) is 23.3 Å². The molecular formula is C25H32N6O2. The second-order valence-electron chi connectivity index (χ2n) is 9.54. The maximum absolute atomic E-state index is 13.7. The molecule has 4 unspecified atom stereocenters. The molecule has 174 valence electrons. The summed E-state index contributed by atoms with van der Waals surface area (Å²) in [4.78, 5) is 41.2. The Morgan fingerprint density at radius 3 is 2.94 bits per heavy atom. The summed E-state index contributed by atoms with van der Waals surface area (Å²) in [6.45, 7) is 7.62. The van der Waals surface area contributed by atoms with Crippen LogP contribution < -0.4 is 5.69 Å². The van der Waals surface area contributed by atoms with Gasteiger partial charge in [0.2, 0.25) is 0 Å². The maximum atomic E-state index is 13.7. The first-order chi connectivity index (χ1) is 16.0. The first-order valence-corrected chi connectivity index (χ1v) is 12.1. The zero-order chi connectivity index (χ0) is 23.1. The fourth-order valence-corrected chi connectivity index (χ4v) is 5.42. The molecule has 5 rings (SSSR count). The van der Waals surface area contributed by atoms with E-state index in [1.807, 2.05) is 26.6 Å². The van der Waals surface area contributed by atoms with Crippen LogP contribution in [-0.4, -0.2) is 60.5 Å². The molecule has 2 N–H and O–H groups in total. The number of nitrogens with zero attached hydrogens (tertiary/aromatic N) is 4. The third kappa shape index (κ3) is 3.69. The zero-order valence-corrected chi connectivity index (χ0v) is 19.6. The van der Waals surface area contributed by atoms with Gasteiger partial charge in [-0.05, 0) is 44.6 Å². The van der Waals surface area contributed by atoms with Crippen LogP contribution in [-0.2, 0) is 0 Å². The van der Waals surface area contributed by atoms with Crippen molar-refractivity contribution in [3.05, 3.63) is 28.9 Å². The van der Waals surface area contributed by atoms with Gasteiger partial charge in [0.15, 0.2) is 0 Å². The highest BCUT2D eigenvalue weighted by molar-refractivity contribution is 6.01. The highest BCUT2D eigenvalue weighted by Gasteiger charge is 2.39. The first kappa shape index (κ1) is 21.6. The van der Waals surface area contributed by atoms with Crippen LogP contribution in [0.25, 0.3) is 22.1 Å². The van der Waals surface area contributed by atoms with Gasteiger partial charge in [-0.25, -0.2) is 14.6 Å². The lowest BCUT2D eigenvalue weighted by Gasteiger charge is -2.40. The molecule has 5 heterocycles. The molecule has 0 saturated carbocycles. The molecule has 0 radical (unpaired) electrons. The smallest absolute Gasteiger partial charge is 0.326 e. The summed E-state index contributed by atoms with van der Waals surface area (Å²) in [5, 5.41) is 0.918. The van der Waals surface area contributed by atoms with Crippen molar-refractivity contribution in [2.75, 3.05) is 13.1 Å². The molecule has 0 bridgehead atoms. The summed E-state index contributed by atoms with van der Waals surface area (Å²) < 4.78 is 1.85. The summed E-state index contributed by atoms with van der Waals surface area (Å²) in [7, 11) is 0. The molecule has 33 heavy (non-hydrogen) atoms. The molecule has 8 heteroatoms. The molecule has 3 aromatic rings. The fraction of sp³-hybridized carbons (Fsp3) is 0.560. The van der Waals surface area contributed by atoms with E-state index in [2.05, 4.69) is 47.6 Å². The quantitative estimate of drug-likeness (QED) is 0.583. The van der Waals surface area contributed by atoms with E-state index in [0.29, 0.717) is 13.1 Å². The number of nitrogens with one attached hydrogen (secondary N) is 2. The van der Waals surface area contributed by atoms with Crippen molar-refractivity contribution in [1.29, 1.82) is 0 Å². The number of hydrogen-bond donors (Lipinski definition) is 2. The van der Waals surface area contributed by atoms with Gasteiger partial charge >= 0.3 is 11.7 Å². The number of fused-ring (bicyclic) bond motifs is 3. The van der Waals surface area contributed by atoms with Crippen molar-refractivity contribution in [1.82, 2.24) is 29.3 Å². The number of piperidine rings is 1. The highest BCUT2D eigenvalue weighted by atomic mass is 16.2. The van der Waals surface area contributed by atoms with E-state index in [1.165, 1.54) is 0 Å². The largest absolute Gasteiger partial charge is 0.346 e. The molecule has 3 aromatic heterocycles. The Labute approximate surface area is 193 Å². The van der Waals surface area contributed by atoms with E-state index in [1.54, 1.807) is 6.20 Å². The van der Waals surface area contributed by atoms with Gasteiger partial charge in [-0.2, -0.15) is 0 Å². The number of imidazole rings is 1. The number of likely N-dealkylation sites (tertiary alicyclic amines) is 2. The Morgan fingerprint density at radius 2 is 2.12 bits per heavy atom. The maximum Gasteiger partial charge on any atom is 0.326 e. The van der Waals surface area contributed by atoms with E-state index in [0.717, 1.165) is 54.2 Å². The fourth-order valence-electron chi connectivity index (χ4n) is 5.42. The Hall–Kier alpha value is -3.21. The molecule has 8 nitrogen and oxygen atoms in total. The Bertz CT molecular complexity index is 1290. The van der Waals surface area contributed by atoms with Crippen molar-refractivity contribution in [3.8, 4) is 11.8 Å². The third-order valence-corrected chi connectivity index (χ3v) is 7.31. The Balaban J connectivity index is 1.47. The van der Waals surface area contributed by atoms with Gasteiger partial charge < -0.3 is 19.8 Å². The van der Waals surface area contributed by atoms with Crippen LogP contribution in [0.2, 0.25) is 0 Å². The number of aromatic nitrogens is 4. The van der Waals surface area contributed by atoms with Crippen LogP contribution in [0.5, 0.6) is 0 Å². The lowest BCUT2D eigenvalue weighted by Crippen LogP contribution is -2.53. The van der Waals surface area contributed by atoms with Crippen LogP contribution in [0.4, 0.5) is 4.79 Å². The normalized spacial score (nSPS) is 25.5. The van der Waals surface area contributed by atoms with Crippen molar-refractivity contribution in [2.45, 2.75) is 71.0 Å². The van der Waals surface area contributed by atoms with Gasteiger partial charge in [0, 0.05) is 37.1 Å². The van der Waals surface area contributed by atoms with Crippen molar-refractivity contribution < 1.29 is 4.79 Å². The van der Waals surface area contributed by atoms with Crippen LogP contribution >= 0.6 is 0 Å². The van der Waals surface area contributed by atoms with E-state index in [4.69, 9.17) is 0 Å². The van der Waals surface area contributed by atoms with Gasteiger partial charge in [-0.1, -0.05) is 19.8 Å². The minimum Gasteiger partial charge on any atom is -0.346 e. The average molecular weight is 449 g/mol. The predicted octanol–water partition coefficient (Wildman–Crippen LogP) is 3.87. The topological polar surface area (TPSA) is 90.0 Å². The van der Waals surface area contributed by atoms with Crippen LogP contribution in [0.3, 0.4) is 0 Å². The SMILES string of the molecule is CCCC#CC1CCC(C)N1C(=O)N1CCC(C)C(n2c(=O)[nH]c3cnc4[nH]ccc4c32)C1. The predicted molar refractivity (Wildman–Crippen MR) is 129 cm³/mol. The highest BCUT2D eigenvalue weighted by Crippen LogP contribution is 2.33. The van der Waals surface area contributed by atoms with Gasteiger partial charge in [0.1, 0.15) is 5.65 Å². The number of carbonyl (C=O) groups is 1. The van der Waals surface area contributed by atoms with Crippen LogP contribution in [0, 0.1) is 17.8 Å². The molecular weight excluding hydrogens is 416 g/mol. The van der Waals surface area contributed by atoms with Gasteiger partial charge in [-0.3, -0.25) is 4.57 Å². The Morgan fingerprint density at radius 1 is 1.27 bits per heavy atom. The molecule has 0 aliphatic carbocycles. The summed E-state index contributed by atoms with van der Waals surface area (Å²) in [6.07, 6.45) is 8.19. The van der Waals surface area contributed by atoms with E-state index >= 15 is 0 Å². The molecule has 0 aromatic carbocycles. The van der Waals surface area contributed by atoms with Crippen molar-refractivity contribution in [2.24, 2.45) is 5.92 Å². The average Bonchev–Trinajstić information content (AvgIpc) is 3.50. The number of rotatable bonds is 2. The lowest BCUT2D eigenvalue weighted by molar-refractivity contribution is 0.105. The summed E-state index contributed by atoms with van der Waals surface area (Å²) in [6, 6.07) is 2.06. The molecule has 2 aliphatic rings. The standard InChI is InChI=1S/C25H32N6O2/c1-4-5-6-7-18-9-8-17(3)30(18)25(33)29-13-11-16(2)21(15-29)31-22-19-10-12-26-23(19)27-14-20(22)28-24(31)32/h10,12,14,16-18,21H,4-5,8-9,11,13,15H2,1-3H3,(H,26,27)(H,28,32). The van der Waals surface area contributed by atoms with E-state index < -0.39 is 0 Å². The monoisotopic (exact) mass is 448 g/mol.